The number of carbonyl (C=O) groups excluding carboxylic acids is 1. The summed E-state index contributed by atoms with van der Waals surface area (Å²) >= 11 is 0. The van der Waals surface area contributed by atoms with Crippen molar-refractivity contribution in [2.24, 2.45) is 0 Å². The highest BCUT2D eigenvalue weighted by Gasteiger charge is 2.13. The lowest BCUT2D eigenvalue weighted by Crippen LogP contribution is -2.16. The second-order valence-electron chi connectivity index (χ2n) is 3.28. The Kier molecular flexibility index (Phi) is 3.32. The average molecular weight is 168 g/mol. The number of hydrogen-bond donors (Lipinski definition) is 0. The smallest absolute Gasteiger partial charge is 0.303 e. The molecule has 0 fully saturated rings. The number of allylic oxidation sites excluding steroid dienone is 1. The molecule has 0 aromatic carbocycles. The van der Waals surface area contributed by atoms with Gasteiger partial charge < -0.3 is 4.74 Å². The van der Waals surface area contributed by atoms with Crippen molar-refractivity contribution in [1.29, 1.82) is 0 Å². The van der Waals surface area contributed by atoms with E-state index in [1.54, 1.807) is 0 Å². The van der Waals surface area contributed by atoms with Crippen LogP contribution in [0, 0.1) is 0 Å². The van der Waals surface area contributed by atoms with Crippen molar-refractivity contribution in [2.75, 3.05) is 0 Å². The van der Waals surface area contributed by atoms with Crippen LogP contribution in [0.2, 0.25) is 0 Å². The third kappa shape index (κ3) is 2.68. The van der Waals surface area contributed by atoms with Gasteiger partial charge in [0.15, 0.2) is 0 Å². The molecule has 0 radical (unpaired) electrons. The number of ether oxygens (including phenoxy) is 1. The molecule has 2 heteroatoms. The van der Waals surface area contributed by atoms with E-state index in [9.17, 15) is 4.79 Å². The molecule has 1 aliphatic carbocycles. The molecule has 12 heavy (non-hydrogen) atoms. The summed E-state index contributed by atoms with van der Waals surface area (Å²) in [5.74, 6) is -0.186. The van der Waals surface area contributed by atoms with Crippen LogP contribution in [-0.2, 0) is 9.53 Å². The van der Waals surface area contributed by atoms with Gasteiger partial charge in [0, 0.05) is 6.92 Å². The molecule has 0 saturated carbocycles. The maximum absolute atomic E-state index is 10.6. The zero-order chi connectivity index (χ0) is 8.97. The number of carbonyl (C=O) groups is 1. The minimum atomic E-state index is -0.186. The van der Waals surface area contributed by atoms with E-state index in [1.807, 2.05) is 6.92 Å². The van der Waals surface area contributed by atoms with Crippen molar-refractivity contribution >= 4 is 5.97 Å². The van der Waals surface area contributed by atoms with Crippen LogP contribution < -0.4 is 0 Å². The van der Waals surface area contributed by atoms with Crippen molar-refractivity contribution in [3.63, 3.8) is 0 Å². The van der Waals surface area contributed by atoms with Gasteiger partial charge in [0.2, 0.25) is 0 Å². The van der Waals surface area contributed by atoms with Gasteiger partial charge in [0.1, 0.15) is 6.10 Å². The van der Waals surface area contributed by atoms with Crippen LogP contribution >= 0.6 is 0 Å². The molecule has 0 unspecified atom stereocenters. The van der Waals surface area contributed by atoms with Gasteiger partial charge in [-0.25, -0.2) is 0 Å². The number of esters is 1. The van der Waals surface area contributed by atoms with E-state index in [4.69, 9.17) is 4.74 Å². The molecule has 0 bridgehead atoms. The molecule has 1 atom stereocenters. The Morgan fingerprint density at radius 1 is 1.58 bits per heavy atom. The van der Waals surface area contributed by atoms with Crippen LogP contribution in [0.4, 0.5) is 0 Å². The van der Waals surface area contributed by atoms with E-state index in [1.165, 1.54) is 25.3 Å². The Balaban J connectivity index is 2.44. The van der Waals surface area contributed by atoms with Crippen molar-refractivity contribution in [3.05, 3.63) is 11.6 Å². The van der Waals surface area contributed by atoms with Gasteiger partial charge in [-0.05, 0) is 38.2 Å². The predicted octanol–water partition coefficient (Wildman–Crippen LogP) is 2.44. The zero-order valence-electron chi connectivity index (χ0n) is 7.80. The van der Waals surface area contributed by atoms with Gasteiger partial charge in [-0.15, -0.1) is 0 Å². The molecule has 2 nitrogen and oxygen atoms in total. The fraction of sp³-hybridized carbons (Fsp3) is 0.700. The van der Waals surface area contributed by atoms with E-state index >= 15 is 0 Å². The largest absolute Gasteiger partial charge is 0.458 e. The van der Waals surface area contributed by atoms with Gasteiger partial charge in [-0.1, -0.05) is 6.08 Å². The second kappa shape index (κ2) is 4.29. The second-order valence-corrected chi connectivity index (χ2v) is 3.28. The summed E-state index contributed by atoms with van der Waals surface area (Å²) in [6.07, 6.45) is 6.93. The normalized spacial score (nSPS) is 19.7. The van der Waals surface area contributed by atoms with Gasteiger partial charge in [-0.2, -0.15) is 0 Å². The minimum Gasteiger partial charge on any atom is -0.458 e. The monoisotopic (exact) mass is 168 g/mol. The number of rotatable bonds is 2. The van der Waals surface area contributed by atoms with Crippen molar-refractivity contribution in [2.45, 2.75) is 45.6 Å². The molecule has 0 aromatic rings. The summed E-state index contributed by atoms with van der Waals surface area (Å²) in [4.78, 5) is 10.6. The third-order valence-corrected chi connectivity index (χ3v) is 2.19. The first-order valence-electron chi connectivity index (χ1n) is 4.56. The average Bonchev–Trinajstić information content (AvgIpc) is 2.05. The molecule has 0 spiro atoms. The van der Waals surface area contributed by atoms with Crippen LogP contribution in [0.3, 0.4) is 0 Å². The first kappa shape index (κ1) is 9.30. The lowest BCUT2D eigenvalue weighted by molar-refractivity contribution is -0.143. The summed E-state index contributed by atoms with van der Waals surface area (Å²) in [5, 5.41) is 0. The highest BCUT2D eigenvalue weighted by Crippen LogP contribution is 2.21. The summed E-state index contributed by atoms with van der Waals surface area (Å²) in [5.41, 5.74) is 1.29. The van der Waals surface area contributed by atoms with Gasteiger partial charge in [-0.3, -0.25) is 4.79 Å². The molecule has 0 heterocycles. The van der Waals surface area contributed by atoms with Crippen molar-refractivity contribution in [1.82, 2.24) is 0 Å². The maximum atomic E-state index is 10.6. The quantitative estimate of drug-likeness (QED) is 0.467. The summed E-state index contributed by atoms with van der Waals surface area (Å²) in [6, 6.07) is 0. The predicted molar refractivity (Wildman–Crippen MR) is 47.8 cm³/mol. The SMILES string of the molecule is CC(=O)O[C@H](C)C1=CCCCC1. The summed E-state index contributed by atoms with van der Waals surface area (Å²) < 4.78 is 5.08. The number of hydrogen-bond acceptors (Lipinski definition) is 2. The molecule has 0 N–H and O–H groups in total. The Hall–Kier alpha value is -0.790. The van der Waals surface area contributed by atoms with E-state index in [-0.39, 0.29) is 12.1 Å². The van der Waals surface area contributed by atoms with E-state index < -0.39 is 0 Å². The standard InChI is InChI=1S/C10H16O2/c1-8(12-9(2)11)10-6-4-3-5-7-10/h6,8H,3-5,7H2,1-2H3/t8-/m1/s1. The topological polar surface area (TPSA) is 26.3 Å². The van der Waals surface area contributed by atoms with Crippen LogP contribution in [0.1, 0.15) is 39.5 Å². The molecular weight excluding hydrogens is 152 g/mol. The van der Waals surface area contributed by atoms with Crippen LogP contribution in [-0.4, -0.2) is 12.1 Å². The van der Waals surface area contributed by atoms with Gasteiger partial charge >= 0.3 is 5.97 Å². The van der Waals surface area contributed by atoms with Gasteiger partial charge in [0.25, 0.3) is 0 Å². The van der Waals surface area contributed by atoms with Gasteiger partial charge in [0.05, 0.1) is 0 Å². The highest BCUT2D eigenvalue weighted by atomic mass is 16.5. The minimum absolute atomic E-state index is 0.0113. The summed E-state index contributed by atoms with van der Waals surface area (Å²) in [7, 11) is 0. The molecule has 0 saturated heterocycles. The first-order chi connectivity index (χ1) is 5.70. The Bertz CT molecular complexity index is 194. The maximum Gasteiger partial charge on any atom is 0.303 e. The lowest BCUT2D eigenvalue weighted by Gasteiger charge is -2.19. The molecule has 0 aromatic heterocycles. The van der Waals surface area contributed by atoms with Crippen LogP contribution in [0.25, 0.3) is 0 Å². The molecule has 1 aliphatic rings. The van der Waals surface area contributed by atoms with E-state index in [0.717, 1.165) is 12.8 Å². The molecule has 1 rings (SSSR count). The van der Waals surface area contributed by atoms with E-state index in [2.05, 4.69) is 6.08 Å². The zero-order valence-corrected chi connectivity index (χ0v) is 7.80. The molecular formula is C10H16O2. The van der Waals surface area contributed by atoms with E-state index in [0.29, 0.717) is 0 Å². The Labute approximate surface area is 73.6 Å². The van der Waals surface area contributed by atoms with Crippen molar-refractivity contribution < 1.29 is 9.53 Å². The molecule has 0 aliphatic heterocycles. The fourth-order valence-electron chi connectivity index (χ4n) is 1.56. The Morgan fingerprint density at radius 2 is 2.33 bits per heavy atom. The van der Waals surface area contributed by atoms with Crippen LogP contribution in [0.5, 0.6) is 0 Å². The molecule has 68 valence electrons. The fourth-order valence-corrected chi connectivity index (χ4v) is 1.56. The van der Waals surface area contributed by atoms with Crippen LogP contribution in [0.15, 0.2) is 11.6 Å². The first-order valence-corrected chi connectivity index (χ1v) is 4.56. The summed E-state index contributed by atoms with van der Waals surface area (Å²) in [6.45, 7) is 3.40. The highest BCUT2D eigenvalue weighted by molar-refractivity contribution is 5.66. The lowest BCUT2D eigenvalue weighted by atomic mass is 9.96. The third-order valence-electron chi connectivity index (χ3n) is 2.19. The molecule has 0 amide bonds. The Morgan fingerprint density at radius 3 is 2.83 bits per heavy atom. The van der Waals surface area contributed by atoms with Crippen molar-refractivity contribution in [3.8, 4) is 0 Å².